The third kappa shape index (κ3) is 5.62. The molecule has 1 unspecified atom stereocenters. The van der Waals surface area contributed by atoms with Gasteiger partial charge in [0.1, 0.15) is 0 Å². The molecule has 0 radical (unpaired) electrons. The molecule has 0 amide bonds. The molecule has 0 spiro atoms. The molecular formula is C17H21BrClNO2. The van der Waals surface area contributed by atoms with Crippen LogP contribution in [0.4, 0.5) is 0 Å². The van der Waals surface area contributed by atoms with Crippen molar-refractivity contribution < 1.29 is 9.53 Å². The van der Waals surface area contributed by atoms with Crippen molar-refractivity contribution in [2.45, 2.75) is 44.4 Å². The molecule has 3 nitrogen and oxygen atoms in total. The lowest BCUT2D eigenvalue weighted by Gasteiger charge is -2.25. The second-order valence-electron chi connectivity index (χ2n) is 5.20. The lowest BCUT2D eigenvalue weighted by Crippen LogP contribution is -2.26. The largest absolute Gasteiger partial charge is 0.466 e. The number of unbranched alkanes of at least 4 members (excludes halogenated alkanes) is 2. The normalized spacial score (nSPS) is 13.2. The van der Waals surface area contributed by atoms with Crippen molar-refractivity contribution in [1.82, 2.24) is 0 Å². The minimum Gasteiger partial charge on any atom is -0.466 e. The SMILES string of the molecule is CCOC(=O)CCCCCC(C#N)(CBr)c1ccc(Cl)cc1. The summed E-state index contributed by atoms with van der Waals surface area (Å²) in [6.45, 7) is 2.23. The Hall–Kier alpha value is -1.05. The summed E-state index contributed by atoms with van der Waals surface area (Å²) in [7, 11) is 0. The van der Waals surface area contributed by atoms with Crippen LogP contribution < -0.4 is 0 Å². The van der Waals surface area contributed by atoms with Crippen molar-refractivity contribution >= 4 is 33.5 Å². The summed E-state index contributed by atoms with van der Waals surface area (Å²) >= 11 is 9.38. The number of carbonyl (C=O) groups excluding carboxylic acids is 1. The third-order valence-electron chi connectivity index (χ3n) is 3.63. The number of halogens is 2. The molecule has 0 fully saturated rings. The van der Waals surface area contributed by atoms with E-state index in [1.165, 1.54) is 0 Å². The molecule has 1 rings (SSSR count). The summed E-state index contributed by atoms with van der Waals surface area (Å²) in [5.74, 6) is -0.146. The quantitative estimate of drug-likeness (QED) is 0.340. The summed E-state index contributed by atoms with van der Waals surface area (Å²) in [5, 5.41) is 10.9. The van der Waals surface area contributed by atoms with Gasteiger partial charge < -0.3 is 4.74 Å². The Morgan fingerprint density at radius 3 is 2.55 bits per heavy atom. The van der Waals surface area contributed by atoms with E-state index in [1.807, 2.05) is 24.3 Å². The molecule has 0 aliphatic heterocycles. The highest BCUT2D eigenvalue weighted by molar-refractivity contribution is 9.09. The highest BCUT2D eigenvalue weighted by Crippen LogP contribution is 2.32. The van der Waals surface area contributed by atoms with Crippen LogP contribution in [0, 0.1) is 11.3 Å². The van der Waals surface area contributed by atoms with Gasteiger partial charge >= 0.3 is 5.97 Å². The van der Waals surface area contributed by atoms with Crippen LogP contribution in [0.15, 0.2) is 24.3 Å². The zero-order valence-electron chi connectivity index (χ0n) is 12.8. The first-order valence-electron chi connectivity index (χ1n) is 7.47. The van der Waals surface area contributed by atoms with Crippen LogP contribution in [-0.4, -0.2) is 17.9 Å². The van der Waals surface area contributed by atoms with E-state index in [9.17, 15) is 10.1 Å². The number of carbonyl (C=O) groups is 1. The van der Waals surface area contributed by atoms with E-state index < -0.39 is 5.41 Å². The zero-order chi connectivity index (χ0) is 16.4. The van der Waals surface area contributed by atoms with E-state index >= 15 is 0 Å². The fourth-order valence-electron chi connectivity index (χ4n) is 2.31. The van der Waals surface area contributed by atoms with E-state index in [0.29, 0.717) is 23.4 Å². The molecule has 120 valence electrons. The molecule has 1 aromatic carbocycles. The molecule has 0 bridgehead atoms. The van der Waals surface area contributed by atoms with Crippen molar-refractivity contribution in [3.8, 4) is 6.07 Å². The van der Waals surface area contributed by atoms with Gasteiger partial charge in [-0.1, -0.05) is 52.5 Å². The lowest BCUT2D eigenvalue weighted by atomic mass is 9.79. The fourth-order valence-corrected chi connectivity index (χ4v) is 3.17. The topological polar surface area (TPSA) is 50.1 Å². The van der Waals surface area contributed by atoms with Gasteiger partial charge in [-0.05, 0) is 37.5 Å². The van der Waals surface area contributed by atoms with Crippen LogP contribution in [0.2, 0.25) is 5.02 Å². The highest BCUT2D eigenvalue weighted by Gasteiger charge is 2.30. The maximum absolute atomic E-state index is 11.3. The molecule has 0 saturated heterocycles. The Morgan fingerprint density at radius 2 is 2.00 bits per heavy atom. The Morgan fingerprint density at radius 1 is 1.32 bits per heavy atom. The fraction of sp³-hybridized carbons (Fsp3) is 0.529. The number of alkyl halides is 1. The average molecular weight is 387 g/mol. The summed E-state index contributed by atoms with van der Waals surface area (Å²) in [5.41, 5.74) is 0.427. The molecule has 0 N–H and O–H groups in total. The van der Waals surface area contributed by atoms with E-state index in [2.05, 4.69) is 22.0 Å². The number of benzene rings is 1. The van der Waals surface area contributed by atoms with Crippen molar-refractivity contribution in [2.24, 2.45) is 0 Å². The van der Waals surface area contributed by atoms with Gasteiger partial charge in [-0.2, -0.15) is 5.26 Å². The maximum Gasteiger partial charge on any atom is 0.305 e. The summed E-state index contributed by atoms with van der Waals surface area (Å²) in [6, 6.07) is 9.88. The highest BCUT2D eigenvalue weighted by atomic mass is 79.9. The number of esters is 1. The Bertz CT molecular complexity index is 512. The van der Waals surface area contributed by atoms with Crippen LogP contribution in [-0.2, 0) is 14.9 Å². The minimum absolute atomic E-state index is 0.146. The molecule has 0 aliphatic rings. The molecule has 1 atom stereocenters. The standard InChI is InChI=1S/C17H21BrClNO2/c1-2-22-16(21)6-4-3-5-11-17(12-18,13-20)14-7-9-15(19)10-8-14/h7-10H,2-6,11-12H2,1H3. The smallest absolute Gasteiger partial charge is 0.305 e. The first-order chi connectivity index (χ1) is 10.6. The maximum atomic E-state index is 11.3. The van der Waals surface area contributed by atoms with Crippen molar-refractivity contribution in [3.63, 3.8) is 0 Å². The van der Waals surface area contributed by atoms with Crippen molar-refractivity contribution in [1.29, 1.82) is 5.26 Å². The van der Waals surface area contributed by atoms with E-state index in [1.54, 1.807) is 6.92 Å². The van der Waals surface area contributed by atoms with E-state index in [-0.39, 0.29) is 5.97 Å². The predicted octanol–water partition coefficient (Wildman–Crippen LogP) is 5.01. The Labute approximate surface area is 145 Å². The molecule has 0 saturated carbocycles. The van der Waals surface area contributed by atoms with Crippen LogP contribution >= 0.6 is 27.5 Å². The number of hydrogen-bond acceptors (Lipinski definition) is 3. The first kappa shape index (κ1) is 19.0. The molecule has 0 heterocycles. The van der Waals surface area contributed by atoms with Crippen LogP contribution in [0.3, 0.4) is 0 Å². The van der Waals surface area contributed by atoms with Crippen LogP contribution in [0.1, 0.15) is 44.6 Å². The van der Waals surface area contributed by atoms with Gasteiger partial charge in [-0.3, -0.25) is 4.79 Å². The van der Waals surface area contributed by atoms with E-state index in [4.69, 9.17) is 16.3 Å². The second-order valence-corrected chi connectivity index (χ2v) is 6.20. The van der Waals surface area contributed by atoms with Crippen LogP contribution in [0.5, 0.6) is 0 Å². The number of nitrogens with zero attached hydrogens (tertiary/aromatic N) is 1. The predicted molar refractivity (Wildman–Crippen MR) is 92.3 cm³/mol. The van der Waals surface area contributed by atoms with Gasteiger partial charge in [0.2, 0.25) is 0 Å². The van der Waals surface area contributed by atoms with E-state index in [0.717, 1.165) is 31.2 Å². The number of hydrogen-bond donors (Lipinski definition) is 0. The lowest BCUT2D eigenvalue weighted by molar-refractivity contribution is -0.143. The molecule has 0 aromatic heterocycles. The van der Waals surface area contributed by atoms with Crippen molar-refractivity contribution in [2.75, 3.05) is 11.9 Å². The van der Waals surface area contributed by atoms with Crippen LogP contribution in [0.25, 0.3) is 0 Å². The van der Waals surface area contributed by atoms with Gasteiger partial charge in [0.05, 0.1) is 18.1 Å². The van der Waals surface area contributed by atoms with Gasteiger partial charge in [-0.15, -0.1) is 0 Å². The number of ether oxygens (including phenoxy) is 1. The summed E-state index contributed by atoms with van der Waals surface area (Å²) in [4.78, 5) is 11.3. The first-order valence-corrected chi connectivity index (χ1v) is 8.97. The van der Waals surface area contributed by atoms with Gasteiger partial charge in [0.15, 0.2) is 0 Å². The number of rotatable bonds is 9. The minimum atomic E-state index is -0.547. The Balaban J connectivity index is 2.53. The zero-order valence-corrected chi connectivity index (χ0v) is 15.1. The Kier molecular flexibility index (Phi) is 8.52. The monoisotopic (exact) mass is 385 g/mol. The molecule has 5 heteroatoms. The second kappa shape index (κ2) is 9.86. The van der Waals surface area contributed by atoms with Gasteiger partial charge in [-0.25, -0.2) is 0 Å². The third-order valence-corrected chi connectivity index (χ3v) is 4.84. The molecular weight excluding hydrogens is 366 g/mol. The summed E-state index contributed by atoms with van der Waals surface area (Å²) < 4.78 is 4.90. The molecule has 1 aromatic rings. The molecule has 0 aliphatic carbocycles. The average Bonchev–Trinajstić information content (AvgIpc) is 2.52. The summed E-state index contributed by atoms with van der Waals surface area (Å²) in [6.07, 6.45) is 3.79. The van der Waals surface area contributed by atoms with Gasteiger partial charge in [0, 0.05) is 16.8 Å². The van der Waals surface area contributed by atoms with Gasteiger partial charge in [0.25, 0.3) is 0 Å². The number of nitriles is 1. The molecule has 22 heavy (non-hydrogen) atoms. The van der Waals surface area contributed by atoms with Crippen molar-refractivity contribution in [3.05, 3.63) is 34.9 Å².